The fourth-order valence-corrected chi connectivity index (χ4v) is 2.90. The molecule has 1 aromatic rings. The molecule has 1 aromatic heterocycles. The van der Waals surface area contributed by atoms with Crippen LogP contribution in [0.5, 0.6) is 0 Å². The smallest absolute Gasteiger partial charge is 0.321 e. The van der Waals surface area contributed by atoms with Crippen LogP contribution in [0.1, 0.15) is 71.0 Å². The van der Waals surface area contributed by atoms with E-state index in [2.05, 4.69) is 24.0 Å². The highest BCUT2D eigenvalue weighted by Crippen LogP contribution is 2.39. The van der Waals surface area contributed by atoms with Crippen LogP contribution in [0.25, 0.3) is 0 Å². The molecule has 0 N–H and O–H groups in total. The largest absolute Gasteiger partial charge is 0.465 e. The first-order valence-corrected chi connectivity index (χ1v) is 8.09. The maximum absolute atomic E-state index is 12.4. The highest BCUT2D eigenvalue weighted by Gasteiger charge is 2.47. The van der Waals surface area contributed by atoms with Crippen LogP contribution in [0.2, 0.25) is 0 Å². The van der Waals surface area contributed by atoms with Gasteiger partial charge in [0, 0.05) is 6.42 Å². The number of carbonyl (C=O) groups excluding carboxylic acids is 1. The van der Waals surface area contributed by atoms with Crippen molar-refractivity contribution in [3.05, 3.63) is 11.7 Å². The number of aromatic nitrogens is 2. The quantitative estimate of drug-likeness (QED) is 0.752. The number of hydrogen-bond acceptors (Lipinski definition) is 5. The summed E-state index contributed by atoms with van der Waals surface area (Å²) in [7, 11) is 0. The molecule has 1 saturated carbocycles. The van der Waals surface area contributed by atoms with Crippen LogP contribution in [0, 0.1) is 5.92 Å². The highest BCUT2D eigenvalue weighted by atomic mass is 16.5. The van der Waals surface area contributed by atoms with Crippen LogP contribution < -0.4 is 0 Å². The molecule has 0 radical (unpaired) electrons. The van der Waals surface area contributed by atoms with E-state index in [0.717, 1.165) is 44.9 Å². The standard InChI is InChI=1S/C16H26N2O3/c1-4-20-15(19)16(10-6-5-7-11-16)14-17-13(18-21-14)9-8-12(2)3/h12H,4-11H2,1-3H3. The van der Waals surface area contributed by atoms with Crippen LogP contribution in [-0.2, 0) is 21.4 Å². The van der Waals surface area contributed by atoms with E-state index in [1.807, 2.05) is 6.92 Å². The zero-order chi connectivity index (χ0) is 15.3. The van der Waals surface area contributed by atoms with Gasteiger partial charge in [-0.2, -0.15) is 4.98 Å². The van der Waals surface area contributed by atoms with Gasteiger partial charge in [0.15, 0.2) is 5.82 Å². The van der Waals surface area contributed by atoms with Crippen molar-refractivity contribution in [2.75, 3.05) is 6.61 Å². The molecule has 118 valence electrons. The molecule has 0 unspecified atom stereocenters. The molecular formula is C16H26N2O3. The topological polar surface area (TPSA) is 65.2 Å². The molecule has 1 heterocycles. The van der Waals surface area contributed by atoms with E-state index in [9.17, 15) is 4.79 Å². The molecule has 0 aliphatic heterocycles. The first kappa shape index (κ1) is 16.0. The Bertz CT molecular complexity index is 462. The molecular weight excluding hydrogens is 268 g/mol. The number of esters is 1. The van der Waals surface area contributed by atoms with Crippen molar-refractivity contribution < 1.29 is 14.1 Å². The lowest BCUT2D eigenvalue weighted by molar-refractivity contribution is -0.152. The van der Waals surface area contributed by atoms with Gasteiger partial charge in [-0.3, -0.25) is 4.79 Å². The Morgan fingerprint density at radius 3 is 2.67 bits per heavy atom. The Kier molecular flexibility index (Phi) is 5.37. The Balaban J connectivity index is 2.19. The Morgan fingerprint density at radius 1 is 1.33 bits per heavy atom. The van der Waals surface area contributed by atoms with Crippen molar-refractivity contribution in [3.63, 3.8) is 0 Å². The van der Waals surface area contributed by atoms with Crippen molar-refractivity contribution in [2.45, 2.75) is 71.1 Å². The Hall–Kier alpha value is -1.39. The summed E-state index contributed by atoms with van der Waals surface area (Å²) in [6, 6.07) is 0. The average molecular weight is 294 g/mol. The summed E-state index contributed by atoms with van der Waals surface area (Å²) in [5.74, 6) is 1.55. The zero-order valence-electron chi connectivity index (χ0n) is 13.4. The molecule has 1 fully saturated rings. The second kappa shape index (κ2) is 7.05. The second-order valence-electron chi connectivity index (χ2n) is 6.31. The number of rotatable bonds is 6. The van der Waals surface area contributed by atoms with Crippen LogP contribution in [0.15, 0.2) is 4.52 Å². The van der Waals surface area contributed by atoms with E-state index in [1.165, 1.54) is 0 Å². The predicted molar refractivity (Wildman–Crippen MR) is 78.9 cm³/mol. The zero-order valence-corrected chi connectivity index (χ0v) is 13.4. The lowest BCUT2D eigenvalue weighted by atomic mass is 9.74. The number of nitrogens with zero attached hydrogens (tertiary/aromatic N) is 2. The van der Waals surface area contributed by atoms with E-state index in [1.54, 1.807) is 0 Å². The summed E-state index contributed by atoms with van der Waals surface area (Å²) in [6.07, 6.45) is 6.46. The predicted octanol–water partition coefficient (Wildman–Crippen LogP) is 3.42. The van der Waals surface area contributed by atoms with E-state index >= 15 is 0 Å². The molecule has 0 spiro atoms. The number of hydrogen-bond donors (Lipinski definition) is 0. The molecule has 0 atom stereocenters. The minimum absolute atomic E-state index is 0.205. The third kappa shape index (κ3) is 3.63. The van der Waals surface area contributed by atoms with Gasteiger partial charge in [-0.15, -0.1) is 0 Å². The minimum Gasteiger partial charge on any atom is -0.465 e. The fourth-order valence-electron chi connectivity index (χ4n) is 2.90. The van der Waals surface area contributed by atoms with Crippen LogP contribution >= 0.6 is 0 Å². The first-order valence-electron chi connectivity index (χ1n) is 8.09. The Labute approximate surface area is 126 Å². The van der Waals surface area contributed by atoms with Gasteiger partial charge in [-0.25, -0.2) is 0 Å². The third-order valence-electron chi connectivity index (χ3n) is 4.20. The SMILES string of the molecule is CCOC(=O)C1(c2nc(CCC(C)C)no2)CCCCC1. The van der Waals surface area contributed by atoms with Gasteiger partial charge in [0.05, 0.1) is 6.61 Å². The van der Waals surface area contributed by atoms with Gasteiger partial charge < -0.3 is 9.26 Å². The molecule has 5 heteroatoms. The molecule has 1 aliphatic rings. The number of carbonyl (C=O) groups is 1. The monoisotopic (exact) mass is 294 g/mol. The number of ether oxygens (including phenoxy) is 1. The van der Waals surface area contributed by atoms with Gasteiger partial charge in [-0.1, -0.05) is 38.3 Å². The van der Waals surface area contributed by atoms with Crippen LogP contribution in [-0.4, -0.2) is 22.7 Å². The van der Waals surface area contributed by atoms with Crippen molar-refractivity contribution in [1.82, 2.24) is 10.1 Å². The molecule has 0 saturated heterocycles. The van der Waals surface area contributed by atoms with E-state index < -0.39 is 5.41 Å². The molecule has 2 rings (SSSR count). The van der Waals surface area contributed by atoms with Gasteiger partial charge in [0.2, 0.25) is 5.89 Å². The third-order valence-corrected chi connectivity index (χ3v) is 4.20. The lowest BCUT2D eigenvalue weighted by Gasteiger charge is -2.31. The van der Waals surface area contributed by atoms with Gasteiger partial charge in [-0.05, 0) is 32.1 Å². The van der Waals surface area contributed by atoms with Crippen molar-refractivity contribution in [1.29, 1.82) is 0 Å². The summed E-state index contributed by atoms with van der Waals surface area (Å²) in [5.41, 5.74) is -0.711. The van der Waals surface area contributed by atoms with E-state index in [0.29, 0.717) is 24.2 Å². The summed E-state index contributed by atoms with van der Waals surface area (Å²) < 4.78 is 10.7. The molecule has 0 aromatic carbocycles. The lowest BCUT2D eigenvalue weighted by Crippen LogP contribution is -2.39. The minimum atomic E-state index is -0.711. The summed E-state index contributed by atoms with van der Waals surface area (Å²) >= 11 is 0. The second-order valence-corrected chi connectivity index (χ2v) is 6.31. The van der Waals surface area contributed by atoms with Crippen molar-refractivity contribution in [2.24, 2.45) is 5.92 Å². The maximum atomic E-state index is 12.4. The van der Waals surface area contributed by atoms with Gasteiger partial charge in [0.25, 0.3) is 0 Å². The molecule has 0 amide bonds. The number of aryl methyl sites for hydroxylation is 1. The molecule has 0 bridgehead atoms. The van der Waals surface area contributed by atoms with E-state index in [4.69, 9.17) is 9.26 Å². The fraction of sp³-hybridized carbons (Fsp3) is 0.812. The first-order chi connectivity index (χ1) is 10.1. The highest BCUT2D eigenvalue weighted by molar-refractivity contribution is 5.82. The summed E-state index contributed by atoms with van der Waals surface area (Å²) in [5, 5.41) is 4.06. The van der Waals surface area contributed by atoms with Gasteiger partial charge >= 0.3 is 5.97 Å². The van der Waals surface area contributed by atoms with Crippen LogP contribution in [0.4, 0.5) is 0 Å². The van der Waals surface area contributed by atoms with E-state index in [-0.39, 0.29) is 5.97 Å². The average Bonchev–Trinajstić information content (AvgIpc) is 2.95. The summed E-state index contributed by atoms with van der Waals surface area (Å²) in [6.45, 7) is 6.55. The normalized spacial score (nSPS) is 17.9. The molecule has 5 nitrogen and oxygen atoms in total. The molecule has 1 aliphatic carbocycles. The van der Waals surface area contributed by atoms with Crippen molar-refractivity contribution >= 4 is 5.97 Å². The van der Waals surface area contributed by atoms with Crippen molar-refractivity contribution in [3.8, 4) is 0 Å². The Morgan fingerprint density at radius 2 is 2.05 bits per heavy atom. The maximum Gasteiger partial charge on any atom is 0.321 e. The summed E-state index contributed by atoms with van der Waals surface area (Å²) in [4.78, 5) is 16.9. The van der Waals surface area contributed by atoms with Crippen LogP contribution in [0.3, 0.4) is 0 Å². The van der Waals surface area contributed by atoms with Gasteiger partial charge in [0.1, 0.15) is 5.41 Å². The molecule has 21 heavy (non-hydrogen) atoms.